The first-order valence-corrected chi connectivity index (χ1v) is 7.60. The zero-order valence-electron chi connectivity index (χ0n) is 12.9. The maximum atomic E-state index is 12.0. The molecule has 1 amide bonds. The molecule has 2 N–H and O–H groups in total. The Hall–Kier alpha value is -2.22. The molecule has 22 heavy (non-hydrogen) atoms. The number of aryl methyl sites for hydroxylation is 3. The van der Waals surface area contributed by atoms with E-state index >= 15 is 0 Å². The number of aromatic amines is 1. The van der Waals surface area contributed by atoms with E-state index in [-0.39, 0.29) is 11.6 Å². The minimum absolute atomic E-state index is 0.148. The number of ether oxygens (including phenoxy) is 1. The van der Waals surface area contributed by atoms with Gasteiger partial charge in [-0.05, 0) is 32.8 Å². The number of H-pyrrole nitrogens is 1. The maximum Gasteiger partial charge on any atom is 0.357 e. The Kier molecular flexibility index (Phi) is 4.92. The van der Waals surface area contributed by atoms with Crippen molar-refractivity contribution in [2.24, 2.45) is 0 Å². The van der Waals surface area contributed by atoms with E-state index in [9.17, 15) is 9.59 Å². The van der Waals surface area contributed by atoms with Gasteiger partial charge >= 0.3 is 5.97 Å². The van der Waals surface area contributed by atoms with E-state index in [1.54, 1.807) is 6.92 Å². The van der Waals surface area contributed by atoms with Gasteiger partial charge in [0.25, 0.3) is 0 Å². The van der Waals surface area contributed by atoms with E-state index in [2.05, 4.69) is 25.2 Å². The second-order valence-corrected chi connectivity index (χ2v) is 6.08. The van der Waals surface area contributed by atoms with Crippen LogP contribution in [0.2, 0.25) is 0 Å². The molecule has 0 aliphatic rings. The molecular weight excluding hydrogens is 304 g/mol. The largest absolute Gasteiger partial charge is 0.464 e. The fourth-order valence-corrected chi connectivity index (χ4v) is 2.92. The Labute approximate surface area is 132 Å². The molecule has 0 aliphatic heterocycles. The third-order valence-corrected chi connectivity index (χ3v) is 4.19. The molecule has 118 valence electrons. The van der Waals surface area contributed by atoms with Crippen molar-refractivity contribution in [3.63, 3.8) is 0 Å². The number of rotatable bonds is 5. The van der Waals surface area contributed by atoms with Gasteiger partial charge in [-0.1, -0.05) is 0 Å². The number of carbonyl (C=O) groups is 2. The van der Waals surface area contributed by atoms with Crippen LogP contribution in [0.1, 0.15) is 38.7 Å². The van der Waals surface area contributed by atoms with Gasteiger partial charge in [0.1, 0.15) is 0 Å². The van der Waals surface area contributed by atoms with Crippen molar-refractivity contribution in [3.8, 4) is 0 Å². The first kappa shape index (κ1) is 16.2. The van der Waals surface area contributed by atoms with Gasteiger partial charge in [-0.15, -0.1) is 11.3 Å². The van der Waals surface area contributed by atoms with Crippen molar-refractivity contribution in [1.29, 1.82) is 0 Å². The molecule has 2 aromatic rings. The molecule has 0 atom stereocenters. The van der Waals surface area contributed by atoms with Gasteiger partial charge in [-0.2, -0.15) is 5.10 Å². The van der Waals surface area contributed by atoms with Gasteiger partial charge in [-0.3, -0.25) is 9.89 Å². The summed E-state index contributed by atoms with van der Waals surface area (Å²) in [5.41, 5.74) is 3.18. The monoisotopic (exact) mass is 322 g/mol. The summed E-state index contributed by atoms with van der Waals surface area (Å²) in [7, 11) is 1.30. The molecule has 0 aliphatic carbocycles. The standard InChI is InChI=1S/C14H18N4O3S/c1-7-10(8(2)18-17-7)5-6-11(19)15-14-16-12(9(3)22-14)13(20)21-4/h5-6H2,1-4H3,(H,17,18)(H,15,16,19). The zero-order chi connectivity index (χ0) is 16.3. The van der Waals surface area contributed by atoms with Crippen LogP contribution in [0.3, 0.4) is 0 Å². The highest BCUT2D eigenvalue weighted by Gasteiger charge is 2.17. The first-order chi connectivity index (χ1) is 10.4. The van der Waals surface area contributed by atoms with Crippen LogP contribution < -0.4 is 5.32 Å². The lowest BCUT2D eigenvalue weighted by molar-refractivity contribution is -0.116. The minimum atomic E-state index is -0.501. The average molecular weight is 322 g/mol. The molecule has 2 aromatic heterocycles. The van der Waals surface area contributed by atoms with Crippen LogP contribution in [0.25, 0.3) is 0 Å². The van der Waals surface area contributed by atoms with E-state index in [1.807, 2.05) is 13.8 Å². The molecule has 0 radical (unpaired) electrons. The number of nitrogens with one attached hydrogen (secondary N) is 2. The van der Waals surface area contributed by atoms with Crippen LogP contribution in [-0.2, 0) is 16.0 Å². The van der Waals surface area contributed by atoms with Crippen LogP contribution in [0, 0.1) is 20.8 Å². The van der Waals surface area contributed by atoms with Gasteiger partial charge in [0.15, 0.2) is 10.8 Å². The van der Waals surface area contributed by atoms with E-state index in [4.69, 9.17) is 0 Å². The topological polar surface area (TPSA) is 97.0 Å². The molecule has 0 saturated heterocycles. The summed E-state index contributed by atoms with van der Waals surface area (Å²) in [6.45, 7) is 5.60. The Bertz CT molecular complexity index is 686. The first-order valence-electron chi connectivity index (χ1n) is 6.78. The van der Waals surface area contributed by atoms with Crippen LogP contribution in [-0.4, -0.2) is 34.2 Å². The Morgan fingerprint density at radius 1 is 1.32 bits per heavy atom. The summed E-state index contributed by atoms with van der Waals surface area (Å²) in [6, 6.07) is 0. The predicted molar refractivity (Wildman–Crippen MR) is 83.2 cm³/mol. The van der Waals surface area contributed by atoms with Gasteiger partial charge in [0.2, 0.25) is 5.91 Å². The average Bonchev–Trinajstić information content (AvgIpc) is 2.99. The Balaban J connectivity index is 1.96. The lowest BCUT2D eigenvalue weighted by Gasteiger charge is -2.02. The van der Waals surface area contributed by atoms with Gasteiger partial charge < -0.3 is 10.1 Å². The third-order valence-electron chi connectivity index (χ3n) is 3.30. The summed E-state index contributed by atoms with van der Waals surface area (Å²) in [6.07, 6.45) is 0.932. The van der Waals surface area contributed by atoms with Gasteiger partial charge in [0.05, 0.1) is 12.8 Å². The fourth-order valence-electron chi connectivity index (χ4n) is 2.10. The summed E-state index contributed by atoms with van der Waals surface area (Å²) in [5, 5.41) is 10.1. The van der Waals surface area contributed by atoms with E-state index in [0.29, 0.717) is 22.9 Å². The number of hydrogen-bond acceptors (Lipinski definition) is 6. The molecule has 0 aromatic carbocycles. The Morgan fingerprint density at radius 2 is 2.05 bits per heavy atom. The van der Waals surface area contributed by atoms with Crippen molar-refractivity contribution in [1.82, 2.24) is 15.2 Å². The number of esters is 1. The van der Waals surface area contributed by atoms with Crippen LogP contribution >= 0.6 is 11.3 Å². The van der Waals surface area contributed by atoms with Gasteiger partial charge in [-0.25, -0.2) is 9.78 Å². The quantitative estimate of drug-likeness (QED) is 0.822. The normalized spacial score (nSPS) is 10.5. The Morgan fingerprint density at radius 3 is 2.64 bits per heavy atom. The molecule has 2 heterocycles. The third kappa shape index (κ3) is 3.51. The van der Waals surface area contributed by atoms with E-state index in [0.717, 1.165) is 17.0 Å². The van der Waals surface area contributed by atoms with E-state index in [1.165, 1.54) is 18.4 Å². The predicted octanol–water partition coefficient (Wildman–Crippen LogP) is 2.15. The van der Waals surface area contributed by atoms with Crippen molar-refractivity contribution >= 4 is 28.3 Å². The zero-order valence-corrected chi connectivity index (χ0v) is 13.8. The smallest absolute Gasteiger partial charge is 0.357 e. The molecule has 0 saturated carbocycles. The number of nitrogens with zero attached hydrogens (tertiary/aromatic N) is 2. The molecule has 0 bridgehead atoms. The number of amides is 1. The highest BCUT2D eigenvalue weighted by Crippen LogP contribution is 2.23. The van der Waals surface area contributed by atoms with Crippen LogP contribution in [0.15, 0.2) is 0 Å². The van der Waals surface area contributed by atoms with Crippen molar-refractivity contribution in [3.05, 3.63) is 27.5 Å². The highest BCUT2D eigenvalue weighted by atomic mass is 32.1. The fraction of sp³-hybridized carbons (Fsp3) is 0.429. The number of aromatic nitrogens is 3. The SMILES string of the molecule is COC(=O)c1nc(NC(=O)CCc2c(C)n[nH]c2C)sc1C. The number of anilines is 1. The second kappa shape index (κ2) is 6.69. The lowest BCUT2D eigenvalue weighted by atomic mass is 10.1. The van der Waals surface area contributed by atoms with Crippen LogP contribution in [0.5, 0.6) is 0 Å². The molecule has 8 heteroatoms. The number of hydrogen-bond donors (Lipinski definition) is 2. The van der Waals surface area contributed by atoms with E-state index < -0.39 is 5.97 Å². The van der Waals surface area contributed by atoms with Gasteiger partial charge in [0, 0.05) is 17.0 Å². The molecule has 0 spiro atoms. The summed E-state index contributed by atoms with van der Waals surface area (Å²) < 4.78 is 4.64. The summed E-state index contributed by atoms with van der Waals surface area (Å²) in [4.78, 5) is 28.3. The van der Waals surface area contributed by atoms with Crippen molar-refractivity contribution in [2.75, 3.05) is 12.4 Å². The number of methoxy groups -OCH3 is 1. The minimum Gasteiger partial charge on any atom is -0.464 e. The number of thiazole rings is 1. The van der Waals surface area contributed by atoms with Crippen molar-refractivity contribution in [2.45, 2.75) is 33.6 Å². The molecule has 0 fully saturated rings. The number of carbonyl (C=O) groups excluding carboxylic acids is 2. The molecule has 0 unspecified atom stereocenters. The highest BCUT2D eigenvalue weighted by molar-refractivity contribution is 7.16. The summed E-state index contributed by atoms with van der Waals surface area (Å²) >= 11 is 1.25. The van der Waals surface area contributed by atoms with Crippen LogP contribution in [0.4, 0.5) is 5.13 Å². The molecule has 7 nitrogen and oxygen atoms in total. The second-order valence-electron chi connectivity index (χ2n) is 4.88. The lowest BCUT2D eigenvalue weighted by Crippen LogP contribution is -2.13. The molecular formula is C14H18N4O3S. The molecule has 2 rings (SSSR count). The summed E-state index contributed by atoms with van der Waals surface area (Å²) in [5.74, 6) is -0.649. The van der Waals surface area contributed by atoms with Crippen molar-refractivity contribution < 1.29 is 14.3 Å². The maximum absolute atomic E-state index is 12.0.